The predicted molar refractivity (Wildman–Crippen MR) is 64.4 cm³/mol. The van der Waals surface area contributed by atoms with Crippen molar-refractivity contribution in [2.75, 3.05) is 0 Å². The number of allylic oxidation sites excluding steroid dienone is 1. The highest BCUT2D eigenvalue weighted by atomic mass is 80.0. The molecule has 0 amide bonds. The zero-order valence-electron chi connectivity index (χ0n) is 6.77. The number of hydrogen-bond donors (Lipinski definition) is 1. The van der Waals surface area contributed by atoms with E-state index in [-0.39, 0.29) is 2.14 Å². The Morgan fingerprint density at radius 3 is 2.25 bits per heavy atom. The van der Waals surface area contributed by atoms with Crippen LogP contribution in [0.1, 0.15) is 32.1 Å². The van der Waals surface area contributed by atoms with Gasteiger partial charge in [0.25, 0.3) is 0 Å². The first kappa shape index (κ1) is 13.0. The molecule has 0 bridgehead atoms. The van der Waals surface area contributed by atoms with E-state index in [9.17, 15) is 0 Å². The van der Waals surface area contributed by atoms with Gasteiger partial charge in [-0.3, -0.25) is 0 Å². The Morgan fingerprint density at radius 2 is 1.75 bits per heavy atom. The highest BCUT2D eigenvalue weighted by Crippen LogP contribution is 2.38. The van der Waals surface area contributed by atoms with Crippen LogP contribution in [-0.2, 0) is 0 Å². The molecule has 0 aromatic carbocycles. The summed E-state index contributed by atoms with van der Waals surface area (Å²) in [7, 11) is 0. The lowest BCUT2D eigenvalue weighted by atomic mass is 10.1. The highest BCUT2D eigenvalue weighted by Gasteiger charge is 2.15. The first-order chi connectivity index (χ1) is 5.56. The van der Waals surface area contributed by atoms with Crippen molar-refractivity contribution in [2.24, 2.45) is 0 Å². The molecular weight excluding hydrogens is 352 g/mol. The monoisotopic (exact) mass is 362 g/mol. The SMILES string of the molecule is OC=CCCCCCC(Br)(Br)Br. The van der Waals surface area contributed by atoms with E-state index in [0.29, 0.717) is 0 Å². The molecule has 1 nitrogen and oxygen atoms in total. The predicted octanol–water partition coefficient (Wildman–Crippen LogP) is 4.85. The summed E-state index contributed by atoms with van der Waals surface area (Å²) in [5.41, 5.74) is 0. The normalized spacial score (nSPS) is 12.6. The van der Waals surface area contributed by atoms with Gasteiger partial charge >= 0.3 is 0 Å². The average Bonchev–Trinajstić information content (AvgIpc) is 1.94. The minimum Gasteiger partial charge on any atom is -0.516 e. The van der Waals surface area contributed by atoms with Gasteiger partial charge in [0.2, 0.25) is 0 Å². The van der Waals surface area contributed by atoms with Crippen molar-refractivity contribution in [1.29, 1.82) is 0 Å². The van der Waals surface area contributed by atoms with Crippen molar-refractivity contribution >= 4 is 47.8 Å². The van der Waals surface area contributed by atoms with Gasteiger partial charge in [-0.2, -0.15) is 0 Å². The minimum absolute atomic E-state index is 0.0835. The van der Waals surface area contributed by atoms with Crippen molar-refractivity contribution in [3.8, 4) is 0 Å². The maximum absolute atomic E-state index is 8.35. The Bertz CT molecular complexity index is 129. The van der Waals surface area contributed by atoms with Crippen LogP contribution in [-0.4, -0.2) is 7.25 Å². The van der Waals surface area contributed by atoms with Crippen LogP contribution in [0.4, 0.5) is 0 Å². The van der Waals surface area contributed by atoms with Gasteiger partial charge in [-0.15, -0.1) is 0 Å². The van der Waals surface area contributed by atoms with Crippen molar-refractivity contribution in [2.45, 2.75) is 34.2 Å². The molecule has 0 rings (SSSR count). The van der Waals surface area contributed by atoms with Crippen LogP contribution in [0.2, 0.25) is 0 Å². The van der Waals surface area contributed by atoms with E-state index >= 15 is 0 Å². The minimum atomic E-state index is -0.0835. The van der Waals surface area contributed by atoms with Gasteiger partial charge in [-0.05, 0) is 19.3 Å². The highest BCUT2D eigenvalue weighted by molar-refractivity contribution is 9.39. The van der Waals surface area contributed by atoms with Gasteiger partial charge in [0.1, 0.15) is 2.14 Å². The molecule has 0 aliphatic rings. The van der Waals surface area contributed by atoms with Crippen LogP contribution in [0.15, 0.2) is 12.3 Å². The quantitative estimate of drug-likeness (QED) is 0.420. The van der Waals surface area contributed by atoms with Crippen molar-refractivity contribution in [3.05, 3.63) is 12.3 Å². The van der Waals surface area contributed by atoms with Gasteiger partial charge in [0.15, 0.2) is 0 Å². The summed E-state index contributed by atoms with van der Waals surface area (Å²) in [4.78, 5) is 0. The second-order valence-electron chi connectivity index (χ2n) is 2.60. The topological polar surface area (TPSA) is 20.2 Å². The van der Waals surface area contributed by atoms with Crippen LogP contribution < -0.4 is 0 Å². The molecule has 0 saturated carbocycles. The number of aliphatic hydroxyl groups is 1. The van der Waals surface area contributed by atoms with Crippen LogP contribution >= 0.6 is 47.8 Å². The molecule has 0 atom stereocenters. The smallest absolute Gasteiger partial charge is 0.135 e. The Balaban J connectivity index is 3.11. The number of alkyl halides is 3. The van der Waals surface area contributed by atoms with E-state index in [1.54, 1.807) is 6.08 Å². The molecule has 0 aliphatic heterocycles. The lowest BCUT2D eigenvalue weighted by molar-refractivity contribution is 0.469. The summed E-state index contributed by atoms with van der Waals surface area (Å²) >= 11 is 10.3. The van der Waals surface area contributed by atoms with Crippen LogP contribution in [0.3, 0.4) is 0 Å². The van der Waals surface area contributed by atoms with E-state index < -0.39 is 0 Å². The molecule has 0 fully saturated rings. The molecule has 0 aromatic rings. The van der Waals surface area contributed by atoms with E-state index in [2.05, 4.69) is 47.8 Å². The van der Waals surface area contributed by atoms with Gasteiger partial charge < -0.3 is 5.11 Å². The fourth-order valence-electron chi connectivity index (χ4n) is 0.839. The number of rotatable bonds is 5. The van der Waals surface area contributed by atoms with E-state index in [0.717, 1.165) is 25.5 Å². The molecule has 0 unspecified atom stereocenters. The van der Waals surface area contributed by atoms with Gasteiger partial charge in [-0.25, -0.2) is 0 Å². The summed E-state index contributed by atoms with van der Waals surface area (Å²) in [6, 6.07) is 0. The summed E-state index contributed by atoms with van der Waals surface area (Å²) in [5.74, 6) is 0. The first-order valence-corrected chi connectivity index (χ1v) is 6.30. The Morgan fingerprint density at radius 1 is 1.08 bits per heavy atom. The number of hydrogen-bond acceptors (Lipinski definition) is 1. The second kappa shape index (κ2) is 7.39. The molecule has 0 radical (unpaired) electrons. The van der Waals surface area contributed by atoms with E-state index in [1.807, 2.05) is 0 Å². The zero-order valence-corrected chi connectivity index (χ0v) is 11.5. The first-order valence-electron chi connectivity index (χ1n) is 3.92. The van der Waals surface area contributed by atoms with Gasteiger partial charge in [0.05, 0.1) is 6.26 Å². The Labute approximate surface area is 99.0 Å². The summed E-state index contributed by atoms with van der Waals surface area (Å²) < 4.78 is -0.0835. The molecule has 0 aromatic heterocycles. The summed E-state index contributed by atoms with van der Waals surface area (Å²) in [6.07, 6.45) is 8.41. The summed E-state index contributed by atoms with van der Waals surface area (Å²) in [6.45, 7) is 0. The maximum atomic E-state index is 8.35. The molecule has 0 aliphatic carbocycles. The zero-order chi connectivity index (χ0) is 9.45. The van der Waals surface area contributed by atoms with Crippen molar-refractivity contribution < 1.29 is 5.11 Å². The van der Waals surface area contributed by atoms with Gasteiger partial charge in [0, 0.05) is 0 Å². The molecule has 72 valence electrons. The van der Waals surface area contributed by atoms with Gasteiger partial charge in [-0.1, -0.05) is 66.7 Å². The lowest BCUT2D eigenvalue weighted by Gasteiger charge is -2.10. The third-order valence-electron chi connectivity index (χ3n) is 1.44. The lowest BCUT2D eigenvalue weighted by Crippen LogP contribution is -1.97. The Kier molecular flexibility index (Phi) is 7.99. The third-order valence-corrected chi connectivity index (χ3v) is 2.63. The Hall–Kier alpha value is 0.980. The second-order valence-corrected chi connectivity index (χ2v) is 9.85. The van der Waals surface area contributed by atoms with Crippen molar-refractivity contribution in [3.63, 3.8) is 0 Å². The maximum Gasteiger partial charge on any atom is 0.135 e. The number of unbranched alkanes of at least 4 members (excludes halogenated alkanes) is 3. The molecule has 12 heavy (non-hydrogen) atoms. The standard InChI is InChI=1S/C8H13Br3O/c9-8(10,11)6-4-2-1-3-5-7-12/h5,7,12H,1-4,6H2. The molecule has 4 heteroatoms. The fourth-order valence-corrected chi connectivity index (χ4v) is 1.68. The summed E-state index contributed by atoms with van der Waals surface area (Å²) in [5, 5.41) is 8.35. The van der Waals surface area contributed by atoms with Crippen LogP contribution in [0.25, 0.3) is 0 Å². The van der Waals surface area contributed by atoms with E-state index in [4.69, 9.17) is 5.11 Å². The molecule has 1 N–H and O–H groups in total. The molecule has 0 saturated heterocycles. The van der Waals surface area contributed by atoms with Crippen LogP contribution in [0, 0.1) is 0 Å². The number of aliphatic hydroxyl groups excluding tert-OH is 1. The average molecular weight is 365 g/mol. The fraction of sp³-hybridized carbons (Fsp3) is 0.750. The van der Waals surface area contributed by atoms with Crippen molar-refractivity contribution in [1.82, 2.24) is 0 Å². The van der Waals surface area contributed by atoms with Crippen LogP contribution in [0.5, 0.6) is 0 Å². The molecular formula is C8H13Br3O. The largest absolute Gasteiger partial charge is 0.516 e. The third kappa shape index (κ3) is 11.0. The van der Waals surface area contributed by atoms with E-state index in [1.165, 1.54) is 12.8 Å². The number of halogens is 3. The molecule has 0 heterocycles. The molecule has 0 spiro atoms.